The number of aromatic nitrogens is 3. The van der Waals surface area contributed by atoms with E-state index in [4.69, 9.17) is 16.0 Å². The van der Waals surface area contributed by atoms with Gasteiger partial charge in [-0.05, 0) is 57.3 Å². The van der Waals surface area contributed by atoms with Crippen LogP contribution in [0, 0.1) is 13.8 Å². The summed E-state index contributed by atoms with van der Waals surface area (Å²) < 4.78 is 8.01. The average molecular weight is 381 g/mol. The summed E-state index contributed by atoms with van der Waals surface area (Å²) >= 11 is 5.96. The molecule has 4 aromatic rings. The number of hydrogen-bond acceptors (Lipinski definition) is 4. The predicted octanol–water partition coefficient (Wildman–Crippen LogP) is 4.89. The number of benzene rings is 1. The second kappa shape index (κ2) is 7.18. The van der Waals surface area contributed by atoms with E-state index >= 15 is 0 Å². The second-order valence-corrected chi connectivity index (χ2v) is 7.21. The summed E-state index contributed by atoms with van der Waals surface area (Å²) in [5.41, 5.74) is 5.07. The van der Waals surface area contributed by atoms with Gasteiger partial charge in [-0.15, -0.1) is 0 Å². The van der Waals surface area contributed by atoms with Crippen molar-refractivity contribution >= 4 is 17.2 Å². The van der Waals surface area contributed by atoms with Gasteiger partial charge in [-0.25, -0.2) is 9.97 Å². The molecule has 0 unspecified atom stereocenters. The maximum Gasteiger partial charge on any atom is 0.226 e. The Labute approximate surface area is 163 Å². The summed E-state index contributed by atoms with van der Waals surface area (Å²) in [6.45, 7) is 5.48. The van der Waals surface area contributed by atoms with E-state index in [9.17, 15) is 0 Å². The summed E-state index contributed by atoms with van der Waals surface area (Å²) in [5.74, 6) is 1.46. The van der Waals surface area contributed by atoms with E-state index in [1.165, 1.54) is 5.69 Å². The Balaban J connectivity index is 1.53. The smallest absolute Gasteiger partial charge is 0.226 e. The fraction of sp³-hybridized carbons (Fsp3) is 0.238. The molecule has 0 radical (unpaired) electrons. The maximum atomic E-state index is 5.96. The van der Waals surface area contributed by atoms with E-state index in [2.05, 4.69) is 39.4 Å². The number of halogens is 1. The average Bonchev–Trinajstić information content (AvgIpc) is 3.16. The quantitative estimate of drug-likeness (QED) is 0.494. The third kappa shape index (κ3) is 3.61. The standard InChI is InChI=1S/C21H21ClN4O/c1-14-19(26-11-5-4-6-20(26)23-14)13-25(3)12-18-15(2)27-21(24-18)16-7-9-17(22)10-8-16/h4-11H,12-13H2,1-3H3. The summed E-state index contributed by atoms with van der Waals surface area (Å²) in [6.07, 6.45) is 2.05. The van der Waals surface area contributed by atoms with Crippen LogP contribution in [-0.4, -0.2) is 26.3 Å². The zero-order valence-corrected chi connectivity index (χ0v) is 16.4. The van der Waals surface area contributed by atoms with E-state index in [0.717, 1.165) is 34.9 Å². The molecule has 6 heteroatoms. The van der Waals surface area contributed by atoms with Crippen molar-refractivity contribution in [1.29, 1.82) is 0 Å². The lowest BCUT2D eigenvalue weighted by molar-refractivity contribution is 0.308. The van der Waals surface area contributed by atoms with Crippen molar-refractivity contribution in [2.75, 3.05) is 7.05 Å². The van der Waals surface area contributed by atoms with Crippen LogP contribution in [0.5, 0.6) is 0 Å². The van der Waals surface area contributed by atoms with E-state index < -0.39 is 0 Å². The third-order valence-electron chi connectivity index (χ3n) is 4.65. The predicted molar refractivity (Wildman–Crippen MR) is 107 cm³/mol. The van der Waals surface area contributed by atoms with Crippen LogP contribution in [0.4, 0.5) is 0 Å². The SMILES string of the molecule is Cc1nc2ccccn2c1CN(C)Cc1nc(-c2ccc(Cl)cc2)oc1C. The molecule has 0 aliphatic heterocycles. The lowest BCUT2D eigenvalue weighted by Crippen LogP contribution is -2.19. The highest BCUT2D eigenvalue weighted by atomic mass is 35.5. The Bertz CT molecular complexity index is 1080. The highest BCUT2D eigenvalue weighted by Crippen LogP contribution is 2.24. The molecule has 0 atom stereocenters. The third-order valence-corrected chi connectivity index (χ3v) is 4.90. The molecule has 0 amide bonds. The Morgan fingerprint density at radius 3 is 2.59 bits per heavy atom. The summed E-state index contributed by atoms with van der Waals surface area (Å²) in [6, 6.07) is 13.6. The molecule has 138 valence electrons. The van der Waals surface area contributed by atoms with Gasteiger partial charge in [0.15, 0.2) is 0 Å². The number of pyridine rings is 1. The van der Waals surface area contributed by atoms with Crippen LogP contribution in [0.15, 0.2) is 53.1 Å². The van der Waals surface area contributed by atoms with Gasteiger partial charge in [0.05, 0.1) is 17.1 Å². The van der Waals surface area contributed by atoms with Crippen molar-refractivity contribution < 1.29 is 4.42 Å². The maximum absolute atomic E-state index is 5.96. The summed E-state index contributed by atoms with van der Waals surface area (Å²) in [7, 11) is 2.08. The van der Waals surface area contributed by atoms with E-state index in [-0.39, 0.29) is 0 Å². The molecule has 1 aromatic carbocycles. The van der Waals surface area contributed by atoms with Crippen molar-refractivity contribution in [3.8, 4) is 11.5 Å². The van der Waals surface area contributed by atoms with E-state index in [1.54, 1.807) is 0 Å². The first-order valence-corrected chi connectivity index (χ1v) is 9.22. The minimum absolute atomic E-state index is 0.624. The van der Waals surface area contributed by atoms with Gasteiger partial charge in [0.1, 0.15) is 11.4 Å². The number of rotatable bonds is 5. The van der Waals surface area contributed by atoms with Crippen molar-refractivity contribution in [2.45, 2.75) is 26.9 Å². The molecular formula is C21H21ClN4O. The number of aryl methyl sites for hydroxylation is 2. The van der Waals surface area contributed by atoms with Crippen molar-refractivity contribution in [3.63, 3.8) is 0 Å². The molecule has 4 rings (SSSR count). The Morgan fingerprint density at radius 2 is 1.81 bits per heavy atom. The van der Waals surface area contributed by atoms with Crippen LogP contribution in [0.2, 0.25) is 5.02 Å². The molecule has 3 heterocycles. The van der Waals surface area contributed by atoms with Gasteiger partial charge in [-0.2, -0.15) is 0 Å². The minimum atomic E-state index is 0.624. The molecule has 0 aliphatic carbocycles. The molecule has 27 heavy (non-hydrogen) atoms. The van der Waals surface area contributed by atoms with E-state index in [0.29, 0.717) is 17.5 Å². The lowest BCUT2D eigenvalue weighted by atomic mass is 10.2. The van der Waals surface area contributed by atoms with Gasteiger partial charge >= 0.3 is 0 Å². The summed E-state index contributed by atoms with van der Waals surface area (Å²) in [4.78, 5) is 11.5. The van der Waals surface area contributed by atoms with Gasteiger partial charge in [-0.3, -0.25) is 4.90 Å². The van der Waals surface area contributed by atoms with Gasteiger partial charge in [0.2, 0.25) is 5.89 Å². The fourth-order valence-electron chi connectivity index (χ4n) is 3.21. The van der Waals surface area contributed by atoms with Crippen molar-refractivity contribution in [3.05, 3.63) is 76.5 Å². The molecule has 0 saturated heterocycles. The molecule has 0 aliphatic rings. The lowest BCUT2D eigenvalue weighted by Gasteiger charge is -2.15. The molecule has 0 saturated carbocycles. The normalized spacial score (nSPS) is 11.6. The Morgan fingerprint density at radius 1 is 1.04 bits per heavy atom. The highest BCUT2D eigenvalue weighted by Gasteiger charge is 2.16. The van der Waals surface area contributed by atoms with Crippen LogP contribution in [0.25, 0.3) is 17.1 Å². The largest absolute Gasteiger partial charge is 0.441 e. The van der Waals surface area contributed by atoms with Gasteiger partial charge < -0.3 is 8.82 Å². The first kappa shape index (κ1) is 17.8. The van der Waals surface area contributed by atoms with Gasteiger partial charge in [0.25, 0.3) is 0 Å². The molecule has 0 bridgehead atoms. The van der Waals surface area contributed by atoms with Crippen LogP contribution >= 0.6 is 11.6 Å². The van der Waals surface area contributed by atoms with Crippen LogP contribution in [0.1, 0.15) is 22.8 Å². The number of imidazole rings is 1. The molecule has 3 aromatic heterocycles. The number of nitrogens with zero attached hydrogens (tertiary/aromatic N) is 4. The first-order chi connectivity index (χ1) is 13.0. The van der Waals surface area contributed by atoms with Gasteiger partial charge in [-0.1, -0.05) is 17.7 Å². The minimum Gasteiger partial charge on any atom is -0.441 e. The van der Waals surface area contributed by atoms with Crippen LogP contribution in [-0.2, 0) is 13.1 Å². The summed E-state index contributed by atoms with van der Waals surface area (Å²) in [5, 5.41) is 0.699. The van der Waals surface area contributed by atoms with Gasteiger partial charge in [0, 0.05) is 29.9 Å². The zero-order valence-electron chi connectivity index (χ0n) is 15.6. The monoisotopic (exact) mass is 380 g/mol. The van der Waals surface area contributed by atoms with Crippen LogP contribution in [0.3, 0.4) is 0 Å². The van der Waals surface area contributed by atoms with Crippen LogP contribution < -0.4 is 0 Å². The molecule has 5 nitrogen and oxygen atoms in total. The topological polar surface area (TPSA) is 46.6 Å². The number of fused-ring (bicyclic) bond motifs is 1. The first-order valence-electron chi connectivity index (χ1n) is 8.84. The number of oxazole rings is 1. The van der Waals surface area contributed by atoms with Crippen molar-refractivity contribution in [1.82, 2.24) is 19.3 Å². The fourth-order valence-corrected chi connectivity index (χ4v) is 3.34. The molecule has 0 N–H and O–H groups in total. The number of hydrogen-bond donors (Lipinski definition) is 0. The van der Waals surface area contributed by atoms with E-state index in [1.807, 2.05) is 49.4 Å². The molecule has 0 fully saturated rings. The Hall–Kier alpha value is -2.63. The molecular weight excluding hydrogens is 360 g/mol. The second-order valence-electron chi connectivity index (χ2n) is 6.77. The highest BCUT2D eigenvalue weighted by molar-refractivity contribution is 6.30. The van der Waals surface area contributed by atoms with Crippen molar-refractivity contribution in [2.24, 2.45) is 0 Å². The Kier molecular flexibility index (Phi) is 4.72. The molecule has 0 spiro atoms. The zero-order chi connectivity index (χ0) is 19.0.